The first-order chi connectivity index (χ1) is 10.3. The fourth-order valence-corrected chi connectivity index (χ4v) is 2.98. The first kappa shape index (κ1) is 21.0. The standard InChI is InChI=1S/C20H43N/c1-4-7-10-13-16-19-21(18-15-12-9-6-3)20-17-14-11-8-5-2/h4-20H2,1-3H3. The van der Waals surface area contributed by atoms with Gasteiger partial charge in [-0.25, -0.2) is 0 Å². The van der Waals surface area contributed by atoms with Crippen molar-refractivity contribution < 1.29 is 0 Å². The molecule has 0 atom stereocenters. The van der Waals surface area contributed by atoms with Gasteiger partial charge in [-0.1, -0.05) is 91.4 Å². The van der Waals surface area contributed by atoms with E-state index in [1.165, 1.54) is 110 Å². The van der Waals surface area contributed by atoms with Crippen LogP contribution < -0.4 is 0 Å². The van der Waals surface area contributed by atoms with Gasteiger partial charge in [0.05, 0.1) is 0 Å². The highest BCUT2D eigenvalue weighted by atomic mass is 15.1. The van der Waals surface area contributed by atoms with Crippen LogP contribution in [0.15, 0.2) is 0 Å². The number of nitrogens with zero attached hydrogens (tertiary/aromatic N) is 1. The molecule has 0 amide bonds. The third-order valence-electron chi connectivity index (χ3n) is 4.48. The SMILES string of the molecule is CCCCCCCN(CCCCCC)CCCCCCC. The Morgan fingerprint density at radius 2 is 0.667 bits per heavy atom. The predicted molar refractivity (Wildman–Crippen MR) is 98.1 cm³/mol. The molecule has 1 heteroatoms. The smallest absolute Gasteiger partial charge is 0.00187 e. The highest BCUT2D eigenvalue weighted by Crippen LogP contribution is 2.09. The summed E-state index contributed by atoms with van der Waals surface area (Å²) >= 11 is 0. The van der Waals surface area contributed by atoms with Crippen molar-refractivity contribution in [3.05, 3.63) is 0 Å². The fraction of sp³-hybridized carbons (Fsp3) is 1.00. The lowest BCUT2D eigenvalue weighted by atomic mass is 10.1. The number of rotatable bonds is 17. The Morgan fingerprint density at radius 3 is 1.00 bits per heavy atom. The second-order valence-corrected chi connectivity index (χ2v) is 6.73. The zero-order valence-corrected chi connectivity index (χ0v) is 15.5. The second-order valence-electron chi connectivity index (χ2n) is 6.73. The molecule has 0 fully saturated rings. The van der Waals surface area contributed by atoms with Crippen molar-refractivity contribution >= 4 is 0 Å². The third-order valence-corrected chi connectivity index (χ3v) is 4.48. The van der Waals surface area contributed by atoms with E-state index in [0.717, 1.165) is 0 Å². The monoisotopic (exact) mass is 297 g/mol. The maximum atomic E-state index is 2.76. The van der Waals surface area contributed by atoms with E-state index in [4.69, 9.17) is 0 Å². The van der Waals surface area contributed by atoms with Gasteiger partial charge in [0.2, 0.25) is 0 Å². The summed E-state index contributed by atoms with van der Waals surface area (Å²) in [6.07, 6.45) is 19.8. The first-order valence-corrected chi connectivity index (χ1v) is 10.1. The van der Waals surface area contributed by atoms with Gasteiger partial charge in [0, 0.05) is 0 Å². The Labute approximate surface area is 135 Å². The van der Waals surface area contributed by atoms with Crippen LogP contribution in [0.2, 0.25) is 0 Å². The minimum absolute atomic E-state index is 1.35. The van der Waals surface area contributed by atoms with Gasteiger partial charge in [-0.3, -0.25) is 0 Å². The van der Waals surface area contributed by atoms with E-state index in [1.54, 1.807) is 0 Å². The Kier molecular flexibility index (Phi) is 18.0. The molecule has 0 aromatic heterocycles. The van der Waals surface area contributed by atoms with Gasteiger partial charge in [-0.05, 0) is 38.9 Å². The summed E-state index contributed by atoms with van der Waals surface area (Å²) in [5.41, 5.74) is 0. The maximum Gasteiger partial charge on any atom is -0.00187 e. The van der Waals surface area contributed by atoms with Crippen molar-refractivity contribution in [2.45, 2.75) is 111 Å². The predicted octanol–water partition coefficient (Wildman–Crippen LogP) is 6.81. The fourth-order valence-electron chi connectivity index (χ4n) is 2.98. The average Bonchev–Trinajstić information content (AvgIpc) is 2.50. The van der Waals surface area contributed by atoms with Crippen molar-refractivity contribution in [3.8, 4) is 0 Å². The van der Waals surface area contributed by atoms with Crippen molar-refractivity contribution in [1.29, 1.82) is 0 Å². The van der Waals surface area contributed by atoms with Gasteiger partial charge in [-0.2, -0.15) is 0 Å². The Bertz CT molecular complexity index is 165. The number of unbranched alkanes of at least 4 members (excludes halogenated alkanes) is 11. The summed E-state index contributed by atoms with van der Waals surface area (Å²) in [7, 11) is 0. The molecule has 0 aromatic carbocycles. The maximum absolute atomic E-state index is 2.76. The molecule has 0 aliphatic rings. The van der Waals surface area contributed by atoms with Crippen molar-refractivity contribution in [1.82, 2.24) is 4.90 Å². The zero-order valence-electron chi connectivity index (χ0n) is 15.5. The zero-order chi connectivity index (χ0) is 15.6. The van der Waals surface area contributed by atoms with Gasteiger partial charge in [-0.15, -0.1) is 0 Å². The Hall–Kier alpha value is -0.0400. The highest BCUT2D eigenvalue weighted by molar-refractivity contribution is 4.60. The molecule has 0 spiro atoms. The molecule has 0 N–H and O–H groups in total. The molecule has 21 heavy (non-hydrogen) atoms. The normalized spacial score (nSPS) is 11.4. The first-order valence-electron chi connectivity index (χ1n) is 10.1. The van der Waals surface area contributed by atoms with E-state index in [2.05, 4.69) is 25.7 Å². The molecule has 0 aromatic rings. The molecule has 0 rings (SSSR count). The van der Waals surface area contributed by atoms with Crippen molar-refractivity contribution in [2.75, 3.05) is 19.6 Å². The quantitative estimate of drug-likeness (QED) is 0.266. The highest BCUT2D eigenvalue weighted by Gasteiger charge is 2.04. The second kappa shape index (κ2) is 18.0. The summed E-state index contributed by atoms with van der Waals surface area (Å²) in [6.45, 7) is 11.0. The molecule has 0 saturated heterocycles. The Balaban J connectivity index is 3.69. The number of hydrogen-bond donors (Lipinski definition) is 0. The van der Waals surface area contributed by atoms with Crippen LogP contribution in [-0.2, 0) is 0 Å². The lowest BCUT2D eigenvalue weighted by Gasteiger charge is -2.22. The lowest BCUT2D eigenvalue weighted by Crippen LogP contribution is -2.27. The van der Waals surface area contributed by atoms with Crippen LogP contribution in [0.25, 0.3) is 0 Å². The molecule has 0 unspecified atom stereocenters. The van der Waals surface area contributed by atoms with Crippen LogP contribution in [0.5, 0.6) is 0 Å². The largest absolute Gasteiger partial charge is 0.303 e. The summed E-state index contributed by atoms with van der Waals surface area (Å²) in [6, 6.07) is 0. The molecular formula is C20H43N. The van der Waals surface area contributed by atoms with E-state index in [1.807, 2.05) is 0 Å². The van der Waals surface area contributed by atoms with E-state index >= 15 is 0 Å². The van der Waals surface area contributed by atoms with Crippen molar-refractivity contribution in [3.63, 3.8) is 0 Å². The molecule has 0 aliphatic heterocycles. The van der Waals surface area contributed by atoms with Gasteiger partial charge >= 0.3 is 0 Å². The van der Waals surface area contributed by atoms with Gasteiger partial charge in [0.25, 0.3) is 0 Å². The molecule has 0 aliphatic carbocycles. The van der Waals surface area contributed by atoms with Crippen molar-refractivity contribution in [2.24, 2.45) is 0 Å². The average molecular weight is 298 g/mol. The van der Waals surface area contributed by atoms with E-state index < -0.39 is 0 Å². The molecule has 0 bridgehead atoms. The van der Waals surface area contributed by atoms with Crippen LogP contribution in [0.1, 0.15) is 111 Å². The molecule has 0 radical (unpaired) electrons. The molecule has 128 valence electrons. The summed E-state index contributed by atoms with van der Waals surface area (Å²) in [5, 5.41) is 0. The topological polar surface area (TPSA) is 3.24 Å². The summed E-state index contributed by atoms with van der Waals surface area (Å²) in [4.78, 5) is 2.76. The van der Waals surface area contributed by atoms with Crippen LogP contribution in [0, 0.1) is 0 Å². The van der Waals surface area contributed by atoms with Crippen LogP contribution in [-0.4, -0.2) is 24.5 Å². The van der Waals surface area contributed by atoms with E-state index in [0.29, 0.717) is 0 Å². The molecule has 0 heterocycles. The van der Waals surface area contributed by atoms with E-state index in [-0.39, 0.29) is 0 Å². The Morgan fingerprint density at radius 1 is 0.381 bits per heavy atom. The van der Waals surface area contributed by atoms with E-state index in [9.17, 15) is 0 Å². The summed E-state index contributed by atoms with van der Waals surface area (Å²) < 4.78 is 0. The molecular weight excluding hydrogens is 254 g/mol. The molecule has 1 nitrogen and oxygen atoms in total. The van der Waals surface area contributed by atoms with Crippen LogP contribution >= 0.6 is 0 Å². The van der Waals surface area contributed by atoms with Gasteiger partial charge in [0.1, 0.15) is 0 Å². The summed E-state index contributed by atoms with van der Waals surface area (Å²) in [5.74, 6) is 0. The van der Waals surface area contributed by atoms with Gasteiger partial charge in [0.15, 0.2) is 0 Å². The van der Waals surface area contributed by atoms with Gasteiger partial charge < -0.3 is 4.90 Å². The van der Waals surface area contributed by atoms with Crippen LogP contribution in [0.3, 0.4) is 0 Å². The number of hydrogen-bond acceptors (Lipinski definition) is 1. The minimum atomic E-state index is 1.35. The third kappa shape index (κ3) is 16.2. The lowest BCUT2D eigenvalue weighted by molar-refractivity contribution is 0.254. The molecule has 0 saturated carbocycles. The van der Waals surface area contributed by atoms with Crippen LogP contribution in [0.4, 0.5) is 0 Å². The minimum Gasteiger partial charge on any atom is -0.303 e.